The highest BCUT2D eigenvalue weighted by atomic mass is 32.2. The summed E-state index contributed by atoms with van der Waals surface area (Å²) in [4.78, 5) is 13.0. The SMILES string of the molecule is COc1ccc(S(=O)(=O)N2CC(C(=O)Nc3ccccc3)Oc3cc(C)ccc32)cc1. The number of carbonyl (C=O) groups excluding carboxylic acids is 1. The summed E-state index contributed by atoms with van der Waals surface area (Å²) in [6.07, 6.45) is -1.01. The van der Waals surface area contributed by atoms with E-state index in [1.807, 2.05) is 19.1 Å². The number of sulfonamides is 1. The number of aryl methyl sites for hydroxylation is 1. The molecule has 0 saturated carbocycles. The lowest BCUT2D eigenvalue weighted by Gasteiger charge is -2.35. The van der Waals surface area contributed by atoms with E-state index in [0.29, 0.717) is 22.9 Å². The van der Waals surface area contributed by atoms with Crippen LogP contribution in [0.25, 0.3) is 0 Å². The van der Waals surface area contributed by atoms with Gasteiger partial charge in [0.1, 0.15) is 11.5 Å². The lowest BCUT2D eigenvalue weighted by Crippen LogP contribution is -2.48. The van der Waals surface area contributed by atoms with Crippen molar-refractivity contribution in [2.75, 3.05) is 23.3 Å². The summed E-state index contributed by atoms with van der Waals surface area (Å²) < 4.78 is 39.2. The van der Waals surface area contributed by atoms with Gasteiger partial charge in [0.2, 0.25) is 0 Å². The molecule has 0 aromatic heterocycles. The Morgan fingerprint density at radius 1 is 1.06 bits per heavy atom. The second-order valence-electron chi connectivity index (χ2n) is 7.14. The van der Waals surface area contributed by atoms with Crippen LogP contribution in [0.3, 0.4) is 0 Å². The minimum Gasteiger partial charge on any atom is -0.497 e. The van der Waals surface area contributed by atoms with E-state index in [1.54, 1.807) is 48.5 Å². The van der Waals surface area contributed by atoms with Crippen LogP contribution in [0.2, 0.25) is 0 Å². The lowest BCUT2D eigenvalue weighted by atomic mass is 10.1. The number of hydrogen-bond donors (Lipinski definition) is 1. The van der Waals surface area contributed by atoms with Crippen molar-refractivity contribution in [1.82, 2.24) is 0 Å². The zero-order valence-electron chi connectivity index (χ0n) is 17.1. The van der Waals surface area contributed by atoms with Gasteiger partial charge in [-0.05, 0) is 61.0 Å². The molecule has 3 aromatic carbocycles. The summed E-state index contributed by atoms with van der Waals surface area (Å²) in [5, 5.41) is 2.78. The van der Waals surface area contributed by atoms with Crippen LogP contribution in [-0.2, 0) is 14.8 Å². The van der Waals surface area contributed by atoms with Gasteiger partial charge >= 0.3 is 0 Å². The Morgan fingerprint density at radius 2 is 1.77 bits per heavy atom. The third-order valence-corrected chi connectivity index (χ3v) is 6.76. The molecule has 0 spiro atoms. The molecule has 1 unspecified atom stereocenters. The Balaban J connectivity index is 1.69. The van der Waals surface area contributed by atoms with Crippen molar-refractivity contribution in [2.24, 2.45) is 0 Å². The van der Waals surface area contributed by atoms with Gasteiger partial charge in [0.15, 0.2) is 6.10 Å². The van der Waals surface area contributed by atoms with Gasteiger partial charge in [-0.3, -0.25) is 9.10 Å². The van der Waals surface area contributed by atoms with Crippen LogP contribution in [0.4, 0.5) is 11.4 Å². The van der Waals surface area contributed by atoms with E-state index >= 15 is 0 Å². The number of ether oxygens (including phenoxy) is 2. The summed E-state index contributed by atoms with van der Waals surface area (Å²) in [5.41, 5.74) is 1.89. The van der Waals surface area contributed by atoms with Crippen molar-refractivity contribution < 1.29 is 22.7 Å². The Morgan fingerprint density at radius 3 is 2.45 bits per heavy atom. The fourth-order valence-corrected chi connectivity index (χ4v) is 4.82. The van der Waals surface area contributed by atoms with Crippen molar-refractivity contribution in [1.29, 1.82) is 0 Å². The third kappa shape index (κ3) is 4.20. The molecule has 0 fully saturated rings. The van der Waals surface area contributed by atoms with Gasteiger partial charge in [-0.25, -0.2) is 8.42 Å². The summed E-state index contributed by atoms with van der Waals surface area (Å²) in [6.45, 7) is 1.72. The van der Waals surface area contributed by atoms with E-state index in [0.717, 1.165) is 5.56 Å². The zero-order chi connectivity index (χ0) is 22.0. The van der Waals surface area contributed by atoms with Crippen molar-refractivity contribution >= 4 is 27.3 Å². The molecule has 1 N–H and O–H groups in total. The van der Waals surface area contributed by atoms with Crippen LogP contribution < -0.4 is 19.1 Å². The van der Waals surface area contributed by atoms with Gasteiger partial charge in [0.25, 0.3) is 15.9 Å². The molecule has 0 radical (unpaired) electrons. The number of methoxy groups -OCH3 is 1. The number of rotatable bonds is 5. The molecular weight excluding hydrogens is 416 g/mol. The number of amides is 1. The van der Waals surface area contributed by atoms with Crippen molar-refractivity contribution in [3.05, 3.63) is 78.4 Å². The molecule has 8 heteroatoms. The molecule has 1 aliphatic rings. The molecule has 1 atom stereocenters. The van der Waals surface area contributed by atoms with Gasteiger partial charge in [-0.1, -0.05) is 24.3 Å². The van der Waals surface area contributed by atoms with E-state index in [9.17, 15) is 13.2 Å². The first-order valence-corrected chi connectivity index (χ1v) is 11.1. The number of benzene rings is 3. The van der Waals surface area contributed by atoms with Crippen LogP contribution in [0.15, 0.2) is 77.7 Å². The molecule has 4 rings (SSSR count). The maximum absolute atomic E-state index is 13.5. The number of carbonyl (C=O) groups is 1. The smallest absolute Gasteiger partial charge is 0.267 e. The van der Waals surface area contributed by atoms with Gasteiger partial charge < -0.3 is 14.8 Å². The van der Waals surface area contributed by atoms with Crippen molar-refractivity contribution in [3.63, 3.8) is 0 Å². The maximum Gasteiger partial charge on any atom is 0.267 e. The second-order valence-corrected chi connectivity index (χ2v) is 9.01. The molecule has 1 heterocycles. The summed E-state index contributed by atoms with van der Waals surface area (Å²) in [6, 6.07) is 20.3. The first kappa shape index (κ1) is 20.7. The number of nitrogens with one attached hydrogen (secondary N) is 1. The van der Waals surface area contributed by atoms with Gasteiger partial charge in [-0.15, -0.1) is 0 Å². The fraction of sp³-hybridized carbons (Fsp3) is 0.174. The largest absolute Gasteiger partial charge is 0.497 e. The van der Waals surface area contributed by atoms with Crippen LogP contribution in [0.5, 0.6) is 11.5 Å². The molecule has 3 aromatic rings. The monoisotopic (exact) mass is 438 g/mol. The Bertz CT molecular complexity index is 1190. The number of nitrogens with zero attached hydrogens (tertiary/aromatic N) is 1. The highest BCUT2D eigenvalue weighted by Gasteiger charge is 2.37. The standard InChI is InChI=1S/C23H22N2O5S/c1-16-8-13-20-21(14-16)30-22(23(26)24-17-6-4-3-5-7-17)15-25(20)31(27,28)19-11-9-18(29-2)10-12-19/h3-14,22H,15H2,1-2H3,(H,24,26). The van der Waals surface area contributed by atoms with Crippen LogP contribution in [-0.4, -0.2) is 34.1 Å². The molecule has 160 valence electrons. The summed E-state index contributed by atoms with van der Waals surface area (Å²) in [5.74, 6) is 0.474. The summed E-state index contributed by atoms with van der Waals surface area (Å²) in [7, 11) is -2.42. The van der Waals surface area contributed by atoms with Crippen LogP contribution >= 0.6 is 0 Å². The van der Waals surface area contributed by atoms with Gasteiger partial charge in [0, 0.05) is 5.69 Å². The highest BCUT2D eigenvalue weighted by molar-refractivity contribution is 7.92. The molecule has 31 heavy (non-hydrogen) atoms. The number of anilines is 2. The Labute approximate surface area is 181 Å². The fourth-order valence-electron chi connectivity index (χ4n) is 3.34. The van der Waals surface area contributed by atoms with E-state index in [2.05, 4.69) is 5.32 Å². The average molecular weight is 439 g/mol. The molecule has 7 nitrogen and oxygen atoms in total. The van der Waals surface area contributed by atoms with E-state index < -0.39 is 22.0 Å². The summed E-state index contributed by atoms with van der Waals surface area (Å²) >= 11 is 0. The highest BCUT2D eigenvalue weighted by Crippen LogP contribution is 2.38. The molecule has 1 amide bonds. The maximum atomic E-state index is 13.5. The van der Waals surface area contributed by atoms with Gasteiger partial charge in [-0.2, -0.15) is 0 Å². The normalized spacial score (nSPS) is 15.5. The number of hydrogen-bond acceptors (Lipinski definition) is 5. The lowest BCUT2D eigenvalue weighted by molar-refractivity contribution is -0.122. The average Bonchev–Trinajstić information content (AvgIpc) is 2.78. The van der Waals surface area contributed by atoms with E-state index in [1.165, 1.54) is 23.5 Å². The Hall–Kier alpha value is -3.52. The first-order chi connectivity index (χ1) is 14.9. The predicted molar refractivity (Wildman–Crippen MR) is 118 cm³/mol. The van der Waals surface area contributed by atoms with Crippen molar-refractivity contribution in [3.8, 4) is 11.5 Å². The quantitative estimate of drug-likeness (QED) is 0.658. The van der Waals surface area contributed by atoms with E-state index in [-0.39, 0.29) is 11.4 Å². The molecule has 0 aliphatic carbocycles. The first-order valence-electron chi connectivity index (χ1n) is 9.68. The number of fused-ring (bicyclic) bond motifs is 1. The van der Waals surface area contributed by atoms with Gasteiger partial charge in [0.05, 0.1) is 24.2 Å². The van der Waals surface area contributed by atoms with Crippen LogP contribution in [0, 0.1) is 6.92 Å². The third-order valence-electron chi connectivity index (χ3n) is 4.97. The predicted octanol–water partition coefficient (Wildman–Crippen LogP) is 3.60. The molecule has 0 saturated heterocycles. The molecule has 1 aliphatic heterocycles. The minimum atomic E-state index is -3.93. The zero-order valence-corrected chi connectivity index (χ0v) is 17.9. The number of para-hydroxylation sites is 1. The van der Waals surface area contributed by atoms with E-state index in [4.69, 9.17) is 9.47 Å². The molecule has 0 bridgehead atoms. The van der Waals surface area contributed by atoms with Crippen molar-refractivity contribution in [2.45, 2.75) is 17.9 Å². The second kappa shape index (κ2) is 8.31. The Kier molecular flexibility index (Phi) is 5.56. The molecular formula is C23H22N2O5S. The topological polar surface area (TPSA) is 84.9 Å². The van der Waals surface area contributed by atoms with Crippen LogP contribution in [0.1, 0.15) is 5.56 Å². The minimum absolute atomic E-state index is 0.101.